The third-order valence-electron chi connectivity index (χ3n) is 8.35. The molecule has 2 aliphatic carbocycles. The average Bonchev–Trinajstić information content (AvgIpc) is 2.88. The zero-order chi connectivity index (χ0) is 29.7. The van der Waals surface area contributed by atoms with Gasteiger partial charge in [-0.05, 0) is 88.1 Å². The van der Waals surface area contributed by atoms with E-state index in [0.717, 1.165) is 63.0 Å². The Balaban J connectivity index is 1.65. The Hall–Kier alpha value is -2.32. The molecule has 2 aromatic rings. The molecular weight excluding hydrogens is 649 g/mol. The minimum atomic E-state index is -0.409. The van der Waals surface area contributed by atoms with Crippen LogP contribution in [0.4, 0.5) is 0 Å². The average molecular weight is 688 g/mol. The van der Waals surface area contributed by atoms with Gasteiger partial charge in [0.25, 0.3) is 0 Å². The van der Waals surface area contributed by atoms with Gasteiger partial charge >= 0.3 is 0 Å². The summed E-state index contributed by atoms with van der Waals surface area (Å²) >= 11 is 8.32. The van der Waals surface area contributed by atoms with Crippen molar-refractivity contribution in [2.45, 2.75) is 79.2 Å². The second-order valence-electron chi connectivity index (χ2n) is 13.1. The van der Waals surface area contributed by atoms with Gasteiger partial charge in [-0.1, -0.05) is 58.4 Å². The lowest BCUT2D eigenvalue weighted by atomic mass is 9.63. The summed E-state index contributed by atoms with van der Waals surface area (Å²) in [6, 6.07) is 11.6. The number of ether oxygens (including phenoxy) is 2. The van der Waals surface area contributed by atoms with Gasteiger partial charge in [0.05, 0.1) is 10.7 Å². The van der Waals surface area contributed by atoms with Crippen LogP contribution >= 0.6 is 34.2 Å². The van der Waals surface area contributed by atoms with Crippen LogP contribution in [-0.2, 0) is 16.2 Å². The van der Waals surface area contributed by atoms with Crippen LogP contribution in [0.1, 0.15) is 83.8 Å². The van der Waals surface area contributed by atoms with Crippen LogP contribution in [0.25, 0.3) is 0 Å². The highest BCUT2D eigenvalue weighted by molar-refractivity contribution is 14.1. The van der Waals surface area contributed by atoms with Gasteiger partial charge in [-0.25, -0.2) is 0 Å². The molecule has 0 radical (unpaired) electrons. The number of nitrogens with zero attached hydrogens (tertiary/aromatic N) is 1. The number of carbonyl (C=O) groups excluding carboxylic acids is 2. The monoisotopic (exact) mass is 687 g/mol. The third-order valence-corrected chi connectivity index (χ3v) is 9.40. The molecule has 2 aromatic carbocycles. The van der Waals surface area contributed by atoms with Gasteiger partial charge in [0.15, 0.2) is 23.1 Å². The summed E-state index contributed by atoms with van der Waals surface area (Å²) in [5.41, 5.74) is 5.40. The molecule has 0 atom stereocenters. The zero-order valence-electron chi connectivity index (χ0n) is 24.8. The Kier molecular flexibility index (Phi) is 8.38. The molecule has 0 amide bonds. The maximum absolute atomic E-state index is 14.0. The first-order chi connectivity index (χ1) is 19.3. The maximum Gasteiger partial charge on any atom is 0.174 e. The topological polar surface area (TPSA) is 55.8 Å². The molecule has 0 saturated heterocycles. The molecule has 5 rings (SSSR count). The molecule has 218 valence electrons. The second-order valence-corrected chi connectivity index (χ2v) is 14.7. The molecule has 1 heterocycles. The van der Waals surface area contributed by atoms with Crippen LogP contribution < -0.4 is 9.47 Å². The molecule has 1 aliphatic heterocycles. The van der Waals surface area contributed by atoms with Crippen LogP contribution in [0.2, 0.25) is 5.02 Å². The van der Waals surface area contributed by atoms with E-state index in [0.29, 0.717) is 36.0 Å². The van der Waals surface area contributed by atoms with Crippen molar-refractivity contribution in [1.29, 1.82) is 0 Å². The van der Waals surface area contributed by atoms with E-state index in [1.54, 1.807) is 7.11 Å². The van der Waals surface area contributed by atoms with Gasteiger partial charge in [-0.3, -0.25) is 9.59 Å². The summed E-state index contributed by atoms with van der Waals surface area (Å²) in [7, 11) is 1.63. The van der Waals surface area contributed by atoms with Crippen molar-refractivity contribution in [3.63, 3.8) is 0 Å². The van der Waals surface area contributed by atoms with E-state index in [2.05, 4.69) is 68.2 Å². The predicted molar refractivity (Wildman–Crippen MR) is 171 cm³/mol. The first kappa shape index (κ1) is 30.1. The lowest BCUT2D eigenvalue weighted by Gasteiger charge is -2.49. The van der Waals surface area contributed by atoms with E-state index in [-0.39, 0.29) is 22.4 Å². The maximum atomic E-state index is 14.0. The first-order valence-electron chi connectivity index (χ1n) is 14.4. The fourth-order valence-electron chi connectivity index (χ4n) is 6.66. The van der Waals surface area contributed by atoms with Gasteiger partial charge in [-0.15, -0.1) is 0 Å². The molecule has 0 aromatic heterocycles. The summed E-state index contributed by atoms with van der Waals surface area (Å²) < 4.78 is 13.0. The van der Waals surface area contributed by atoms with E-state index < -0.39 is 5.92 Å². The van der Waals surface area contributed by atoms with E-state index in [9.17, 15) is 9.59 Å². The van der Waals surface area contributed by atoms with Crippen molar-refractivity contribution >= 4 is 45.8 Å². The molecule has 41 heavy (non-hydrogen) atoms. The van der Waals surface area contributed by atoms with E-state index >= 15 is 0 Å². The van der Waals surface area contributed by atoms with Crippen molar-refractivity contribution in [3.8, 4) is 11.5 Å². The fraction of sp³-hybridized carbons (Fsp3) is 0.471. The van der Waals surface area contributed by atoms with Gasteiger partial charge in [0.2, 0.25) is 0 Å². The standard InChI is InChI=1S/C34H39ClINO4/c1-7-12-37-24-15-33(2,3)17-26(38)30(24)29(31-25(37)16-34(4,5)18-27(31)39)21-13-23(36)32(28(14-21)40-6)41-19-20-8-10-22(35)11-9-20/h8-11,13-14,29H,7,12,15-19H2,1-6H3. The normalized spacial score (nSPS) is 20.2. The lowest BCUT2D eigenvalue weighted by Crippen LogP contribution is -2.44. The van der Waals surface area contributed by atoms with E-state index in [4.69, 9.17) is 21.1 Å². The Morgan fingerprint density at radius 1 is 0.927 bits per heavy atom. The van der Waals surface area contributed by atoms with Crippen LogP contribution in [0.3, 0.4) is 0 Å². The molecule has 0 saturated carbocycles. The van der Waals surface area contributed by atoms with Crippen molar-refractivity contribution in [1.82, 2.24) is 4.90 Å². The Morgan fingerprint density at radius 3 is 2.00 bits per heavy atom. The number of hydrogen-bond donors (Lipinski definition) is 0. The minimum absolute atomic E-state index is 0.135. The van der Waals surface area contributed by atoms with Crippen LogP contribution in [0.5, 0.6) is 11.5 Å². The number of hydrogen-bond acceptors (Lipinski definition) is 5. The van der Waals surface area contributed by atoms with Crippen molar-refractivity contribution in [2.24, 2.45) is 10.8 Å². The lowest BCUT2D eigenvalue weighted by molar-refractivity contribution is -0.119. The summed E-state index contributed by atoms with van der Waals surface area (Å²) in [6.45, 7) is 12.0. The molecule has 0 spiro atoms. The summed E-state index contributed by atoms with van der Waals surface area (Å²) in [4.78, 5) is 30.3. The summed E-state index contributed by atoms with van der Waals surface area (Å²) in [6.07, 6.45) is 3.51. The second kappa shape index (κ2) is 11.4. The van der Waals surface area contributed by atoms with Gasteiger partial charge in [-0.2, -0.15) is 0 Å². The number of rotatable bonds is 7. The Morgan fingerprint density at radius 2 is 1.49 bits per heavy atom. The number of Topliss-reactive ketones (excluding diaryl/α,β-unsaturated/α-hetero) is 2. The van der Waals surface area contributed by atoms with Gasteiger partial charge in [0, 0.05) is 52.9 Å². The van der Waals surface area contributed by atoms with Crippen LogP contribution in [0, 0.1) is 14.4 Å². The SMILES string of the molecule is CCCN1C2=C(C(=O)CC(C)(C)C2)C(c2cc(I)c(OCc3ccc(Cl)cc3)c(OC)c2)C2=C1CC(C)(C)CC2=O. The Labute approximate surface area is 262 Å². The van der Waals surface area contributed by atoms with Crippen LogP contribution in [-0.4, -0.2) is 30.1 Å². The highest BCUT2D eigenvalue weighted by Crippen LogP contribution is 2.55. The fourth-order valence-corrected chi connectivity index (χ4v) is 7.56. The van der Waals surface area contributed by atoms with Crippen molar-refractivity contribution in [3.05, 3.63) is 78.7 Å². The highest BCUT2D eigenvalue weighted by Gasteiger charge is 2.49. The summed E-state index contributed by atoms with van der Waals surface area (Å²) in [5.74, 6) is 1.11. The predicted octanol–water partition coefficient (Wildman–Crippen LogP) is 8.63. The molecule has 3 aliphatic rings. The number of carbonyl (C=O) groups is 2. The highest BCUT2D eigenvalue weighted by atomic mass is 127. The number of methoxy groups -OCH3 is 1. The third kappa shape index (κ3) is 5.96. The van der Waals surface area contributed by atoms with Gasteiger partial charge in [0.1, 0.15) is 6.61 Å². The number of ketones is 2. The number of benzene rings is 2. The molecule has 0 fully saturated rings. The van der Waals surface area contributed by atoms with Crippen molar-refractivity contribution < 1.29 is 19.1 Å². The van der Waals surface area contributed by atoms with E-state index in [1.165, 1.54) is 0 Å². The smallest absolute Gasteiger partial charge is 0.174 e. The molecule has 0 unspecified atom stereocenters. The summed E-state index contributed by atoms with van der Waals surface area (Å²) in [5, 5.41) is 0.680. The first-order valence-corrected chi connectivity index (χ1v) is 15.8. The van der Waals surface area contributed by atoms with Crippen molar-refractivity contribution in [2.75, 3.05) is 13.7 Å². The molecule has 7 heteroatoms. The molecular formula is C34H39ClINO4. The minimum Gasteiger partial charge on any atom is -0.493 e. The zero-order valence-corrected chi connectivity index (χ0v) is 27.7. The molecule has 0 N–H and O–H groups in total. The largest absolute Gasteiger partial charge is 0.493 e. The number of halogens is 2. The molecule has 5 nitrogen and oxygen atoms in total. The van der Waals surface area contributed by atoms with E-state index in [1.807, 2.05) is 30.3 Å². The number of allylic oxidation sites excluding steroid dienone is 4. The quantitative estimate of drug-likeness (QED) is 0.273. The Bertz CT molecular complexity index is 1400. The van der Waals surface area contributed by atoms with Crippen LogP contribution in [0.15, 0.2) is 58.9 Å². The van der Waals surface area contributed by atoms with Gasteiger partial charge < -0.3 is 14.4 Å². The molecule has 0 bridgehead atoms.